The summed E-state index contributed by atoms with van der Waals surface area (Å²) in [6.45, 7) is 4.40. The number of hydrogen-bond donors (Lipinski definition) is 1. The molecule has 3 aromatic rings. The van der Waals surface area contributed by atoms with Gasteiger partial charge >= 0.3 is 5.69 Å². The first kappa shape index (κ1) is 14.1. The first-order valence-electron chi connectivity index (χ1n) is 6.99. The molecule has 22 heavy (non-hydrogen) atoms. The van der Waals surface area contributed by atoms with Crippen LogP contribution in [0.25, 0.3) is 5.69 Å². The van der Waals surface area contributed by atoms with Gasteiger partial charge in [-0.25, -0.2) is 4.79 Å². The third-order valence-corrected chi connectivity index (χ3v) is 3.58. The second kappa shape index (κ2) is 5.48. The number of tetrazole rings is 1. The summed E-state index contributed by atoms with van der Waals surface area (Å²) < 4.78 is 1.46. The maximum absolute atomic E-state index is 12.0. The Bertz CT molecular complexity index is 861. The van der Waals surface area contributed by atoms with Crippen LogP contribution in [0.3, 0.4) is 0 Å². The van der Waals surface area contributed by atoms with Gasteiger partial charge in [-0.05, 0) is 48.4 Å². The minimum atomic E-state index is -0.393. The summed E-state index contributed by atoms with van der Waals surface area (Å²) in [6, 6.07) is 13.4. The van der Waals surface area contributed by atoms with Crippen molar-refractivity contribution in [2.75, 3.05) is 5.73 Å². The van der Waals surface area contributed by atoms with Gasteiger partial charge in [0.15, 0.2) is 0 Å². The van der Waals surface area contributed by atoms with E-state index in [1.165, 1.54) is 4.68 Å². The Morgan fingerprint density at radius 2 is 1.82 bits per heavy atom. The Hall–Kier alpha value is -2.89. The van der Waals surface area contributed by atoms with Gasteiger partial charge in [-0.15, -0.1) is 0 Å². The van der Waals surface area contributed by atoms with Crippen molar-refractivity contribution in [3.8, 4) is 5.69 Å². The molecule has 0 aliphatic rings. The molecule has 0 atom stereocenters. The molecule has 0 aliphatic carbocycles. The van der Waals surface area contributed by atoms with E-state index in [9.17, 15) is 4.79 Å². The topological polar surface area (TPSA) is 78.7 Å². The van der Waals surface area contributed by atoms with Gasteiger partial charge in [0.2, 0.25) is 0 Å². The minimum Gasteiger partial charge on any atom is -0.399 e. The third-order valence-electron chi connectivity index (χ3n) is 3.58. The highest BCUT2D eigenvalue weighted by atomic mass is 16.2. The van der Waals surface area contributed by atoms with Gasteiger partial charge in [0.25, 0.3) is 0 Å². The predicted octanol–water partition coefficient (Wildman–Crippen LogP) is 1.68. The molecule has 0 radical (unpaired) electrons. The fraction of sp³-hybridized carbons (Fsp3) is 0.188. The Morgan fingerprint density at radius 3 is 2.50 bits per heavy atom. The summed E-state index contributed by atoms with van der Waals surface area (Å²) in [6.07, 6.45) is 0. The summed E-state index contributed by atoms with van der Waals surface area (Å²) in [5.41, 5.74) is 10.1. The number of nitrogens with zero attached hydrogens (tertiary/aromatic N) is 4. The molecule has 0 saturated carbocycles. The molecule has 0 bridgehead atoms. The van der Waals surface area contributed by atoms with E-state index in [4.69, 9.17) is 5.73 Å². The first-order chi connectivity index (χ1) is 10.5. The van der Waals surface area contributed by atoms with Crippen molar-refractivity contribution in [2.45, 2.75) is 20.4 Å². The lowest BCUT2D eigenvalue weighted by atomic mass is 10.1. The van der Waals surface area contributed by atoms with Crippen LogP contribution in [0.5, 0.6) is 0 Å². The fourth-order valence-corrected chi connectivity index (χ4v) is 2.30. The van der Waals surface area contributed by atoms with E-state index in [1.54, 1.807) is 4.80 Å². The van der Waals surface area contributed by atoms with E-state index in [2.05, 4.69) is 10.3 Å². The predicted molar refractivity (Wildman–Crippen MR) is 85.0 cm³/mol. The molecule has 0 spiro atoms. The molecule has 1 heterocycles. The molecular weight excluding hydrogens is 278 g/mol. The van der Waals surface area contributed by atoms with Gasteiger partial charge in [0.1, 0.15) is 0 Å². The lowest BCUT2D eigenvalue weighted by Gasteiger charge is -2.10. The number of nitrogens with two attached hydrogens (primary N) is 1. The van der Waals surface area contributed by atoms with E-state index < -0.39 is 5.69 Å². The summed E-state index contributed by atoms with van der Waals surface area (Å²) in [5.74, 6) is 0. The standard InChI is InChI=1S/C16H17N5O/c1-11-3-6-14(7-4-11)21-16(22)18-19-20(21)10-13-5-8-15(17)12(2)9-13/h3-9H,10,17H2,1-2H3. The molecule has 3 rings (SSSR count). The number of aryl methyl sites for hydroxylation is 2. The molecule has 0 aliphatic heterocycles. The van der Waals surface area contributed by atoms with E-state index in [0.717, 1.165) is 28.1 Å². The lowest BCUT2D eigenvalue weighted by molar-refractivity contribution is 0.513. The number of rotatable bonds is 3. The second-order valence-electron chi connectivity index (χ2n) is 5.34. The van der Waals surface area contributed by atoms with Gasteiger partial charge in [-0.1, -0.05) is 34.9 Å². The van der Waals surface area contributed by atoms with Crippen molar-refractivity contribution in [3.63, 3.8) is 0 Å². The summed E-state index contributed by atoms with van der Waals surface area (Å²) >= 11 is 0. The zero-order valence-electron chi connectivity index (χ0n) is 12.5. The maximum Gasteiger partial charge on any atom is 0.388 e. The van der Waals surface area contributed by atoms with Gasteiger partial charge < -0.3 is 5.73 Å². The number of nitrogen functional groups attached to an aromatic ring is 1. The van der Waals surface area contributed by atoms with Gasteiger partial charge in [-0.3, -0.25) is 0 Å². The molecular formula is C16H17N5O. The summed E-state index contributed by atoms with van der Waals surface area (Å²) in [4.78, 5) is 13.5. The average Bonchev–Trinajstić information content (AvgIpc) is 2.85. The molecule has 0 fully saturated rings. The van der Waals surface area contributed by atoms with Crippen molar-refractivity contribution in [1.29, 1.82) is 0 Å². The molecule has 2 N–H and O–H groups in total. The van der Waals surface area contributed by atoms with Crippen molar-refractivity contribution in [3.05, 3.63) is 69.6 Å². The summed E-state index contributed by atoms with van der Waals surface area (Å²) in [5, 5.41) is 7.59. The molecule has 2 aromatic carbocycles. The number of aromatic nitrogens is 4. The largest absolute Gasteiger partial charge is 0.399 e. The molecule has 6 nitrogen and oxygen atoms in total. The average molecular weight is 295 g/mol. The van der Waals surface area contributed by atoms with Crippen LogP contribution in [0.15, 0.2) is 47.3 Å². The Labute approximate surface area is 127 Å². The van der Waals surface area contributed by atoms with E-state index in [1.807, 2.05) is 56.3 Å². The van der Waals surface area contributed by atoms with Crippen LogP contribution in [0.4, 0.5) is 5.69 Å². The number of hydrogen-bond acceptors (Lipinski definition) is 4. The molecule has 112 valence electrons. The Kier molecular flexibility index (Phi) is 3.50. The Morgan fingerprint density at radius 1 is 1.09 bits per heavy atom. The SMILES string of the molecule is Cc1ccc(-n2c(=O)nnn2Cc2ccc(N)c(C)c2)cc1. The van der Waals surface area contributed by atoms with Gasteiger partial charge in [0.05, 0.1) is 12.2 Å². The highest BCUT2D eigenvalue weighted by Crippen LogP contribution is 2.14. The van der Waals surface area contributed by atoms with E-state index >= 15 is 0 Å². The smallest absolute Gasteiger partial charge is 0.388 e. The second-order valence-corrected chi connectivity index (χ2v) is 5.34. The van der Waals surface area contributed by atoms with Crippen LogP contribution in [-0.4, -0.2) is 19.8 Å². The number of anilines is 1. The summed E-state index contributed by atoms with van der Waals surface area (Å²) in [7, 11) is 0. The fourth-order valence-electron chi connectivity index (χ4n) is 2.30. The van der Waals surface area contributed by atoms with Crippen LogP contribution in [0, 0.1) is 13.8 Å². The quantitative estimate of drug-likeness (QED) is 0.746. The van der Waals surface area contributed by atoms with Gasteiger partial charge in [-0.2, -0.15) is 9.48 Å². The van der Waals surface area contributed by atoms with E-state index in [-0.39, 0.29) is 0 Å². The first-order valence-corrected chi connectivity index (χ1v) is 6.99. The maximum atomic E-state index is 12.0. The van der Waals surface area contributed by atoms with Crippen LogP contribution in [-0.2, 0) is 6.54 Å². The third kappa shape index (κ3) is 2.63. The van der Waals surface area contributed by atoms with Crippen LogP contribution < -0.4 is 11.4 Å². The highest BCUT2D eigenvalue weighted by molar-refractivity contribution is 5.47. The zero-order chi connectivity index (χ0) is 15.7. The molecule has 0 amide bonds. The molecule has 6 heteroatoms. The zero-order valence-corrected chi connectivity index (χ0v) is 12.5. The van der Waals surface area contributed by atoms with Crippen LogP contribution >= 0.6 is 0 Å². The highest BCUT2D eigenvalue weighted by Gasteiger charge is 2.10. The van der Waals surface area contributed by atoms with Crippen molar-refractivity contribution in [1.82, 2.24) is 19.8 Å². The monoisotopic (exact) mass is 295 g/mol. The lowest BCUT2D eigenvalue weighted by Crippen LogP contribution is -2.22. The van der Waals surface area contributed by atoms with Crippen LogP contribution in [0.2, 0.25) is 0 Å². The molecule has 1 aromatic heterocycles. The normalized spacial score (nSPS) is 10.8. The van der Waals surface area contributed by atoms with Crippen LogP contribution in [0.1, 0.15) is 16.7 Å². The van der Waals surface area contributed by atoms with Gasteiger partial charge in [0, 0.05) is 5.69 Å². The van der Waals surface area contributed by atoms with E-state index in [0.29, 0.717) is 6.54 Å². The molecule has 0 saturated heterocycles. The van der Waals surface area contributed by atoms with Crippen molar-refractivity contribution < 1.29 is 0 Å². The minimum absolute atomic E-state index is 0.393. The number of benzene rings is 2. The van der Waals surface area contributed by atoms with Crippen molar-refractivity contribution >= 4 is 5.69 Å². The Balaban J connectivity index is 2.00. The van der Waals surface area contributed by atoms with Crippen molar-refractivity contribution in [2.24, 2.45) is 0 Å². The molecule has 0 unspecified atom stereocenters.